The first-order valence-electron chi connectivity index (χ1n) is 12.1. The molecule has 0 saturated carbocycles. The predicted molar refractivity (Wildman–Crippen MR) is 144 cm³/mol. The minimum absolute atomic E-state index is 0.0728. The van der Waals surface area contributed by atoms with Gasteiger partial charge in [0, 0.05) is 31.1 Å². The molecule has 1 N–H and O–H groups in total. The highest BCUT2D eigenvalue weighted by molar-refractivity contribution is 7.92. The molecular formula is C26H36ClN3O5S. The monoisotopic (exact) mass is 537 g/mol. The summed E-state index contributed by atoms with van der Waals surface area (Å²) in [4.78, 5) is 27.6. The quantitative estimate of drug-likeness (QED) is 0.389. The minimum Gasteiger partial charge on any atom is -0.494 e. The maximum atomic E-state index is 13.4. The van der Waals surface area contributed by atoms with Gasteiger partial charge in [-0.2, -0.15) is 0 Å². The average Bonchev–Trinajstić information content (AvgIpc) is 2.83. The van der Waals surface area contributed by atoms with Gasteiger partial charge in [0.15, 0.2) is 0 Å². The first-order chi connectivity index (χ1) is 17.1. The van der Waals surface area contributed by atoms with Crippen molar-refractivity contribution in [3.8, 4) is 5.75 Å². The number of hydrogen-bond donors (Lipinski definition) is 1. The Hall–Kier alpha value is -2.78. The number of benzene rings is 2. The van der Waals surface area contributed by atoms with E-state index in [2.05, 4.69) is 5.32 Å². The van der Waals surface area contributed by atoms with Crippen LogP contribution in [0.1, 0.15) is 45.6 Å². The van der Waals surface area contributed by atoms with E-state index in [-0.39, 0.29) is 37.7 Å². The Kier molecular flexibility index (Phi) is 11.5. The van der Waals surface area contributed by atoms with Gasteiger partial charge in [0.1, 0.15) is 11.8 Å². The van der Waals surface area contributed by atoms with Gasteiger partial charge >= 0.3 is 0 Å². The Morgan fingerprint density at radius 1 is 1.06 bits per heavy atom. The molecule has 1 atom stereocenters. The van der Waals surface area contributed by atoms with Crippen LogP contribution in [0.3, 0.4) is 0 Å². The minimum atomic E-state index is -3.57. The molecule has 2 aromatic carbocycles. The molecular weight excluding hydrogens is 502 g/mol. The molecule has 0 aliphatic heterocycles. The molecule has 0 aromatic heterocycles. The number of halogens is 1. The molecule has 0 bridgehead atoms. The van der Waals surface area contributed by atoms with E-state index in [1.165, 1.54) is 9.21 Å². The fourth-order valence-corrected chi connectivity index (χ4v) is 5.06. The van der Waals surface area contributed by atoms with Crippen LogP contribution in [0.15, 0.2) is 48.5 Å². The lowest BCUT2D eigenvalue weighted by atomic mass is 10.1. The van der Waals surface area contributed by atoms with Crippen molar-refractivity contribution in [2.75, 3.05) is 30.3 Å². The lowest BCUT2D eigenvalue weighted by Crippen LogP contribution is -2.49. The highest BCUT2D eigenvalue weighted by atomic mass is 35.5. The maximum Gasteiger partial charge on any atom is 0.242 e. The Bertz CT molecular complexity index is 1110. The number of nitrogens with one attached hydrogen (secondary N) is 1. The van der Waals surface area contributed by atoms with E-state index in [1.54, 1.807) is 36.4 Å². The summed E-state index contributed by atoms with van der Waals surface area (Å²) in [6.07, 6.45) is 1.92. The number of nitrogens with zero attached hydrogens (tertiary/aromatic N) is 2. The molecule has 0 radical (unpaired) electrons. The van der Waals surface area contributed by atoms with E-state index in [9.17, 15) is 18.0 Å². The maximum absolute atomic E-state index is 13.4. The number of sulfonamides is 1. The summed E-state index contributed by atoms with van der Waals surface area (Å²) in [5, 5.41) is 3.31. The van der Waals surface area contributed by atoms with Crippen LogP contribution in [-0.4, -0.2) is 57.1 Å². The van der Waals surface area contributed by atoms with Crippen molar-refractivity contribution >= 4 is 39.1 Å². The smallest absolute Gasteiger partial charge is 0.242 e. The second kappa shape index (κ2) is 14.1. The van der Waals surface area contributed by atoms with Crippen LogP contribution in [0.4, 0.5) is 5.69 Å². The number of anilines is 1. The van der Waals surface area contributed by atoms with E-state index in [4.69, 9.17) is 16.3 Å². The molecule has 36 heavy (non-hydrogen) atoms. The van der Waals surface area contributed by atoms with Gasteiger partial charge in [-0.25, -0.2) is 8.42 Å². The van der Waals surface area contributed by atoms with Gasteiger partial charge in [-0.3, -0.25) is 13.9 Å². The highest BCUT2D eigenvalue weighted by Gasteiger charge is 2.29. The second-order valence-corrected chi connectivity index (χ2v) is 10.6. The number of rotatable bonds is 14. The van der Waals surface area contributed by atoms with Gasteiger partial charge in [-0.1, -0.05) is 36.7 Å². The highest BCUT2D eigenvalue weighted by Crippen LogP contribution is 2.23. The van der Waals surface area contributed by atoms with Crippen molar-refractivity contribution < 1.29 is 22.7 Å². The zero-order valence-corrected chi connectivity index (χ0v) is 22.9. The van der Waals surface area contributed by atoms with Crippen LogP contribution in [0.25, 0.3) is 0 Å². The summed E-state index contributed by atoms with van der Waals surface area (Å²) in [6.45, 7) is 6.82. The van der Waals surface area contributed by atoms with E-state index in [0.29, 0.717) is 36.0 Å². The first kappa shape index (κ1) is 29.5. The molecule has 0 spiro atoms. The van der Waals surface area contributed by atoms with E-state index >= 15 is 0 Å². The number of amides is 2. The molecule has 2 amide bonds. The van der Waals surface area contributed by atoms with Crippen molar-refractivity contribution in [2.24, 2.45) is 0 Å². The van der Waals surface area contributed by atoms with Gasteiger partial charge < -0.3 is 15.0 Å². The summed E-state index contributed by atoms with van der Waals surface area (Å²) >= 11 is 6.34. The first-order valence-corrected chi connectivity index (χ1v) is 14.4. The number of likely N-dealkylation sites (N-methyl/N-ethyl adjacent to an activating group) is 1. The molecule has 0 aliphatic rings. The lowest BCUT2D eigenvalue weighted by molar-refractivity contribution is -0.141. The second-order valence-electron chi connectivity index (χ2n) is 8.30. The van der Waals surface area contributed by atoms with Gasteiger partial charge in [0.2, 0.25) is 21.8 Å². The van der Waals surface area contributed by atoms with E-state index in [0.717, 1.165) is 11.8 Å². The number of carbonyl (C=O) groups excluding carboxylic acids is 2. The Morgan fingerprint density at radius 2 is 1.72 bits per heavy atom. The SMILES string of the molecule is CCNC(=O)[C@@H](CC)N(Cc1ccccc1Cl)C(=O)CCCN(c1ccc(OCC)cc1)S(C)(=O)=O. The zero-order chi connectivity index (χ0) is 26.7. The van der Waals surface area contributed by atoms with E-state index < -0.39 is 16.1 Å². The fraction of sp³-hybridized carbons (Fsp3) is 0.462. The van der Waals surface area contributed by atoms with Gasteiger partial charge in [-0.05, 0) is 62.6 Å². The van der Waals surface area contributed by atoms with Crippen molar-refractivity contribution in [1.29, 1.82) is 0 Å². The van der Waals surface area contributed by atoms with Crippen LogP contribution in [-0.2, 0) is 26.2 Å². The van der Waals surface area contributed by atoms with Crippen molar-refractivity contribution in [2.45, 2.75) is 52.6 Å². The summed E-state index contributed by atoms with van der Waals surface area (Å²) in [5.74, 6) is 0.178. The average molecular weight is 538 g/mol. The molecule has 0 aliphatic carbocycles. The Balaban J connectivity index is 2.19. The molecule has 2 aromatic rings. The molecule has 10 heteroatoms. The normalized spacial score (nSPS) is 12.0. The third-order valence-electron chi connectivity index (χ3n) is 5.62. The summed E-state index contributed by atoms with van der Waals surface area (Å²) in [6, 6.07) is 13.3. The van der Waals surface area contributed by atoms with Crippen molar-refractivity contribution in [1.82, 2.24) is 10.2 Å². The van der Waals surface area contributed by atoms with Gasteiger partial charge in [0.25, 0.3) is 0 Å². The lowest BCUT2D eigenvalue weighted by Gasteiger charge is -2.31. The summed E-state index contributed by atoms with van der Waals surface area (Å²) < 4.78 is 31.7. The molecule has 0 unspecified atom stereocenters. The molecule has 198 valence electrons. The third kappa shape index (κ3) is 8.41. The molecule has 0 saturated heterocycles. The molecule has 8 nitrogen and oxygen atoms in total. The van der Waals surface area contributed by atoms with Gasteiger partial charge in [0.05, 0.1) is 18.6 Å². The predicted octanol–water partition coefficient (Wildman–Crippen LogP) is 4.23. The molecule has 0 fully saturated rings. The van der Waals surface area contributed by atoms with Crippen LogP contribution < -0.4 is 14.4 Å². The number of ether oxygens (including phenoxy) is 1. The topological polar surface area (TPSA) is 96.0 Å². The number of hydrogen-bond acceptors (Lipinski definition) is 5. The largest absolute Gasteiger partial charge is 0.494 e. The fourth-order valence-electron chi connectivity index (χ4n) is 3.90. The van der Waals surface area contributed by atoms with E-state index in [1.807, 2.05) is 32.9 Å². The third-order valence-corrected chi connectivity index (χ3v) is 7.19. The summed E-state index contributed by atoms with van der Waals surface area (Å²) in [5.41, 5.74) is 1.23. The Labute approximate surface area is 219 Å². The zero-order valence-electron chi connectivity index (χ0n) is 21.4. The summed E-state index contributed by atoms with van der Waals surface area (Å²) in [7, 11) is -3.57. The van der Waals surface area contributed by atoms with Crippen LogP contribution in [0.5, 0.6) is 5.75 Å². The molecule has 2 rings (SSSR count). The van der Waals surface area contributed by atoms with Crippen LogP contribution >= 0.6 is 11.6 Å². The van der Waals surface area contributed by atoms with Crippen molar-refractivity contribution in [3.63, 3.8) is 0 Å². The Morgan fingerprint density at radius 3 is 2.28 bits per heavy atom. The number of carbonyl (C=O) groups is 2. The van der Waals surface area contributed by atoms with Crippen LogP contribution in [0, 0.1) is 0 Å². The van der Waals surface area contributed by atoms with Crippen LogP contribution in [0.2, 0.25) is 5.02 Å². The molecule has 0 heterocycles. The van der Waals surface area contributed by atoms with Gasteiger partial charge in [-0.15, -0.1) is 0 Å². The standard InChI is InChI=1S/C26H36ClN3O5S/c1-5-24(26(32)28-6-2)29(19-20-11-8-9-12-23(20)27)25(31)13-10-18-30(36(4,33)34)21-14-16-22(17-15-21)35-7-3/h8-9,11-12,14-17,24H,5-7,10,13,18-19H2,1-4H3,(H,28,32)/t24-/m1/s1. The van der Waals surface area contributed by atoms with Crippen molar-refractivity contribution in [3.05, 3.63) is 59.1 Å².